The summed E-state index contributed by atoms with van der Waals surface area (Å²) in [5.41, 5.74) is 1.37. The summed E-state index contributed by atoms with van der Waals surface area (Å²) in [5, 5.41) is 8.93. The molecular formula is C24H24N4O5. The number of pyridine rings is 2. The van der Waals surface area contributed by atoms with Crippen LogP contribution in [-0.4, -0.2) is 40.7 Å². The smallest absolute Gasteiger partial charge is 0.341 e. The van der Waals surface area contributed by atoms with Crippen molar-refractivity contribution in [3.8, 4) is 11.5 Å². The van der Waals surface area contributed by atoms with E-state index in [0.717, 1.165) is 5.56 Å². The number of methoxy groups -OCH3 is 2. The van der Waals surface area contributed by atoms with Crippen LogP contribution in [0.25, 0.3) is 16.7 Å². The largest absolute Gasteiger partial charge is 0.493 e. The maximum atomic E-state index is 13.2. The second-order valence-corrected chi connectivity index (χ2v) is 7.30. The van der Waals surface area contributed by atoms with Gasteiger partial charge in [0, 0.05) is 12.7 Å². The molecule has 9 nitrogen and oxygen atoms in total. The Morgan fingerprint density at radius 3 is 2.61 bits per heavy atom. The van der Waals surface area contributed by atoms with Gasteiger partial charge in [0.2, 0.25) is 0 Å². The van der Waals surface area contributed by atoms with Crippen LogP contribution in [0, 0.1) is 5.41 Å². The van der Waals surface area contributed by atoms with Gasteiger partial charge in [0.25, 0.3) is 5.56 Å². The van der Waals surface area contributed by atoms with Gasteiger partial charge in [-0.15, -0.1) is 0 Å². The van der Waals surface area contributed by atoms with Crippen LogP contribution < -0.4 is 20.5 Å². The van der Waals surface area contributed by atoms with E-state index in [9.17, 15) is 9.59 Å². The van der Waals surface area contributed by atoms with Crippen molar-refractivity contribution >= 4 is 22.6 Å². The average Bonchev–Trinajstić information content (AvgIpc) is 2.83. The monoisotopic (exact) mass is 448 g/mol. The van der Waals surface area contributed by atoms with Crippen LogP contribution in [0.1, 0.15) is 22.8 Å². The number of nitrogens with zero attached hydrogens (tertiary/aromatic N) is 3. The Balaban J connectivity index is 1.88. The summed E-state index contributed by atoms with van der Waals surface area (Å²) in [5.74, 6) is 0.561. The maximum absolute atomic E-state index is 13.2. The van der Waals surface area contributed by atoms with Crippen LogP contribution in [0.5, 0.6) is 11.5 Å². The maximum Gasteiger partial charge on any atom is 0.341 e. The number of hydrogen-bond acceptors (Lipinski definition) is 7. The van der Waals surface area contributed by atoms with Gasteiger partial charge in [-0.25, -0.2) is 9.78 Å². The van der Waals surface area contributed by atoms with Crippen molar-refractivity contribution in [2.45, 2.75) is 19.9 Å². The molecule has 4 aromatic rings. The number of carbonyl (C=O) groups is 1. The number of carbonyl (C=O) groups excluding carboxylic acids is 1. The molecule has 0 aliphatic rings. The highest BCUT2D eigenvalue weighted by Gasteiger charge is 2.18. The fraction of sp³-hybridized carbons (Fsp3) is 0.250. The molecule has 4 rings (SSSR count). The molecule has 0 unspecified atom stereocenters. The van der Waals surface area contributed by atoms with Crippen molar-refractivity contribution in [1.82, 2.24) is 14.0 Å². The number of rotatable bonds is 7. The van der Waals surface area contributed by atoms with Gasteiger partial charge in [-0.05, 0) is 49.2 Å². The van der Waals surface area contributed by atoms with E-state index in [1.807, 2.05) is 18.2 Å². The van der Waals surface area contributed by atoms with Crippen LogP contribution in [0.15, 0.2) is 53.5 Å². The van der Waals surface area contributed by atoms with Crippen LogP contribution in [0.4, 0.5) is 0 Å². The van der Waals surface area contributed by atoms with E-state index < -0.39 is 5.97 Å². The Hall–Kier alpha value is -4.14. The first-order valence-electron chi connectivity index (χ1n) is 10.5. The van der Waals surface area contributed by atoms with Gasteiger partial charge in [-0.3, -0.25) is 14.6 Å². The van der Waals surface area contributed by atoms with Gasteiger partial charge in [0.05, 0.1) is 26.2 Å². The molecule has 0 radical (unpaired) electrons. The van der Waals surface area contributed by atoms with Gasteiger partial charge < -0.3 is 18.8 Å². The molecule has 3 heterocycles. The standard InChI is InChI=1S/C24H24N4O5/c1-4-33-24(30)16-14-17-22(26-20-7-5-6-11-27(20)23(17)29)28(21(16)25)12-10-15-8-9-18(31-2)19(13-15)32-3/h5-9,11,13-14,25H,4,10,12H2,1-3H3. The third kappa shape index (κ3) is 4.05. The summed E-state index contributed by atoms with van der Waals surface area (Å²) < 4.78 is 18.8. The molecule has 0 bridgehead atoms. The molecule has 33 heavy (non-hydrogen) atoms. The summed E-state index contributed by atoms with van der Waals surface area (Å²) >= 11 is 0. The average molecular weight is 448 g/mol. The molecule has 0 atom stereocenters. The molecule has 9 heteroatoms. The molecule has 1 aromatic carbocycles. The molecule has 0 aliphatic carbocycles. The molecule has 3 aromatic heterocycles. The zero-order chi connectivity index (χ0) is 23.5. The van der Waals surface area contributed by atoms with Crippen molar-refractivity contribution in [3.05, 3.63) is 75.6 Å². The van der Waals surface area contributed by atoms with Crippen molar-refractivity contribution in [2.24, 2.45) is 0 Å². The molecule has 0 amide bonds. The molecule has 0 saturated heterocycles. The van der Waals surface area contributed by atoms with Gasteiger partial charge in [0.15, 0.2) is 11.5 Å². The van der Waals surface area contributed by atoms with E-state index >= 15 is 0 Å². The Labute approximate surface area is 189 Å². The second-order valence-electron chi connectivity index (χ2n) is 7.30. The third-order valence-corrected chi connectivity index (χ3v) is 5.39. The SMILES string of the molecule is CCOC(=O)c1cc2c(=O)n3ccccc3nc2n(CCc2ccc(OC)c(OC)c2)c1=N. The number of ether oxygens (including phenoxy) is 3. The first-order chi connectivity index (χ1) is 16.0. The zero-order valence-corrected chi connectivity index (χ0v) is 18.6. The Bertz CT molecular complexity index is 1470. The minimum atomic E-state index is -0.651. The number of aromatic nitrogens is 3. The quantitative estimate of drug-likeness (QED) is 0.344. The topological polar surface area (TPSA) is 108 Å². The zero-order valence-electron chi connectivity index (χ0n) is 18.6. The van der Waals surface area contributed by atoms with Crippen molar-refractivity contribution in [1.29, 1.82) is 5.41 Å². The highest BCUT2D eigenvalue weighted by Crippen LogP contribution is 2.27. The van der Waals surface area contributed by atoms with E-state index in [1.165, 1.54) is 10.5 Å². The molecular weight excluding hydrogens is 424 g/mol. The Kier molecular flexibility index (Phi) is 6.12. The number of nitrogens with one attached hydrogen (secondary N) is 1. The van der Waals surface area contributed by atoms with E-state index in [1.54, 1.807) is 50.1 Å². The molecule has 0 aliphatic heterocycles. The Morgan fingerprint density at radius 1 is 1.09 bits per heavy atom. The normalized spacial score (nSPS) is 11.0. The lowest BCUT2D eigenvalue weighted by Gasteiger charge is -2.15. The number of fused-ring (bicyclic) bond motifs is 2. The van der Waals surface area contributed by atoms with Gasteiger partial charge in [-0.1, -0.05) is 12.1 Å². The minimum absolute atomic E-state index is 0.0199. The highest BCUT2D eigenvalue weighted by atomic mass is 16.5. The number of esters is 1. The molecule has 0 spiro atoms. The van der Waals surface area contributed by atoms with Crippen molar-refractivity contribution in [3.63, 3.8) is 0 Å². The summed E-state index contributed by atoms with van der Waals surface area (Å²) in [7, 11) is 3.14. The molecule has 0 saturated carbocycles. The van der Waals surface area contributed by atoms with Gasteiger partial charge in [-0.2, -0.15) is 0 Å². The Morgan fingerprint density at radius 2 is 1.88 bits per heavy atom. The van der Waals surface area contributed by atoms with Crippen LogP contribution in [0.3, 0.4) is 0 Å². The number of benzene rings is 1. The summed E-state index contributed by atoms with van der Waals surface area (Å²) in [6.45, 7) is 2.17. The predicted octanol–water partition coefficient (Wildman–Crippen LogP) is 2.57. The van der Waals surface area contributed by atoms with Gasteiger partial charge in [0.1, 0.15) is 22.3 Å². The van der Waals surface area contributed by atoms with Crippen molar-refractivity contribution in [2.75, 3.05) is 20.8 Å². The second kappa shape index (κ2) is 9.15. The summed E-state index contributed by atoms with van der Waals surface area (Å²) in [6, 6.07) is 12.2. The molecule has 0 fully saturated rings. The molecule has 1 N–H and O–H groups in total. The predicted molar refractivity (Wildman–Crippen MR) is 122 cm³/mol. The fourth-order valence-electron chi connectivity index (χ4n) is 3.75. The lowest BCUT2D eigenvalue weighted by molar-refractivity contribution is 0.0523. The van der Waals surface area contributed by atoms with E-state index in [0.29, 0.717) is 35.8 Å². The first-order valence-corrected chi connectivity index (χ1v) is 10.5. The van der Waals surface area contributed by atoms with E-state index in [-0.39, 0.29) is 28.6 Å². The highest BCUT2D eigenvalue weighted by molar-refractivity contribution is 5.93. The molecule has 170 valence electrons. The van der Waals surface area contributed by atoms with Crippen LogP contribution in [-0.2, 0) is 17.7 Å². The van der Waals surface area contributed by atoms with Crippen molar-refractivity contribution < 1.29 is 19.0 Å². The van der Waals surface area contributed by atoms with E-state index in [2.05, 4.69) is 4.98 Å². The lowest BCUT2D eigenvalue weighted by atomic mass is 10.1. The summed E-state index contributed by atoms with van der Waals surface area (Å²) in [4.78, 5) is 30.4. The van der Waals surface area contributed by atoms with E-state index in [4.69, 9.17) is 19.6 Å². The lowest BCUT2D eigenvalue weighted by Crippen LogP contribution is -2.31. The number of hydrogen-bond donors (Lipinski definition) is 1. The fourth-order valence-corrected chi connectivity index (χ4v) is 3.75. The summed E-state index contributed by atoms with van der Waals surface area (Å²) in [6.07, 6.45) is 2.13. The first kappa shape index (κ1) is 22.1. The number of aryl methyl sites for hydroxylation is 2. The van der Waals surface area contributed by atoms with Gasteiger partial charge >= 0.3 is 5.97 Å². The third-order valence-electron chi connectivity index (χ3n) is 5.39. The minimum Gasteiger partial charge on any atom is -0.493 e. The van der Waals surface area contributed by atoms with Crippen LogP contribution >= 0.6 is 0 Å². The van der Waals surface area contributed by atoms with Crippen LogP contribution in [0.2, 0.25) is 0 Å².